The van der Waals surface area contributed by atoms with E-state index in [1.807, 2.05) is 0 Å². The van der Waals surface area contributed by atoms with Crippen molar-refractivity contribution in [2.75, 3.05) is 21.3 Å². The highest BCUT2D eigenvalue weighted by atomic mass is 16.8. The second-order valence-corrected chi connectivity index (χ2v) is 3.61. The second kappa shape index (κ2) is 4.83. The molecule has 0 aliphatic carbocycles. The summed E-state index contributed by atoms with van der Waals surface area (Å²) in [5, 5.41) is 0. The molecule has 1 aromatic carbocycles. The summed E-state index contributed by atoms with van der Waals surface area (Å²) < 4.78 is 20.5. The van der Waals surface area contributed by atoms with E-state index in [4.69, 9.17) is 14.2 Å². The Kier molecular flexibility index (Phi) is 3.42. The van der Waals surface area contributed by atoms with Crippen molar-refractivity contribution in [2.45, 2.75) is 12.6 Å². The first-order valence-electron chi connectivity index (χ1n) is 5.14. The molecule has 1 heterocycles. The van der Waals surface area contributed by atoms with E-state index in [0.29, 0.717) is 5.56 Å². The normalized spacial score (nSPS) is 22.3. The number of carbonyl (C=O) groups excluding carboxylic acids is 1. The van der Waals surface area contributed by atoms with Gasteiger partial charge in [0, 0.05) is 25.3 Å². The summed E-state index contributed by atoms with van der Waals surface area (Å²) in [5.74, 6) is -0.386. The van der Waals surface area contributed by atoms with Crippen LogP contribution in [0.3, 0.4) is 0 Å². The van der Waals surface area contributed by atoms with Gasteiger partial charge in [-0.1, -0.05) is 6.07 Å². The molecule has 1 aliphatic rings. The first-order chi connectivity index (χ1) is 8.21. The third kappa shape index (κ3) is 2.04. The molecule has 0 saturated carbocycles. The first kappa shape index (κ1) is 12.0. The highest BCUT2D eigenvalue weighted by molar-refractivity contribution is 5.89. The molecule has 5 heteroatoms. The molecule has 0 radical (unpaired) electrons. The minimum Gasteiger partial charge on any atom is -0.465 e. The van der Waals surface area contributed by atoms with Crippen molar-refractivity contribution in [1.29, 1.82) is 0 Å². The lowest BCUT2D eigenvalue weighted by atomic mass is 10.0. The lowest BCUT2D eigenvalue weighted by molar-refractivity contribution is -0.217. The average molecular weight is 238 g/mol. The van der Waals surface area contributed by atoms with Crippen LogP contribution in [0.25, 0.3) is 0 Å². The van der Waals surface area contributed by atoms with E-state index in [1.54, 1.807) is 25.3 Å². The van der Waals surface area contributed by atoms with Crippen molar-refractivity contribution in [3.8, 4) is 0 Å². The molecular weight excluding hydrogens is 224 g/mol. The molecular formula is C12H14O5. The minimum absolute atomic E-state index is 0.386. The predicted octanol–water partition coefficient (Wildman–Crippen LogP) is 1.79. The summed E-state index contributed by atoms with van der Waals surface area (Å²) >= 11 is 0. The zero-order valence-electron chi connectivity index (χ0n) is 9.93. The molecule has 0 spiro atoms. The molecule has 0 amide bonds. The maximum atomic E-state index is 11.4. The molecule has 17 heavy (non-hydrogen) atoms. The lowest BCUT2D eigenvalue weighted by Gasteiger charge is -2.10. The smallest absolute Gasteiger partial charge is 0.337 e. The fraction of sp³-hybridized carbons (Fsp3) is 0.417. The number of rotatable bonds is 3. The van der Waals surface area contributed by atoms with E-state index >= 15 is 0 Å². The standard InChI is InChI=1S/C12H14O5/c1-14-10(13)7-4-5-8-9(6-7)12(16-3)17-11(8)15-2/h4-6,11-12H,1-3H3. The number of ether oxygens (including phenoxy) is 4. The van der Waals surface area contributed by atoms with Crippen LogP contribution in [0.2, 0.25) is 0 Å². The number of fused-ring (bicyclic) bond motifs is 1. The van der Waals surface area contributed by atoms with Gasteiger partial charge in [0.15, 0.2) is 12.6 Å². The third-order valence-corrected chi connectivity index (χ3v) is 2.69. The molecule has 2 atom stereocenters. The van der Waals surface area contributed by atoms with Crippen molar-refractivity contribution in [2.24, 2.45) is 0 Å². The summed E-state index contributed by atoms with van der Waals surface area (Å²) in [5.41, 5.74) is 2.13. The summed E-state index contributed by atoms with van der Waals surface area (Å²) in [6.45, 7) is 0. The van der Waals surface area contributed by atoms with Crippen molar-refractivity contribution < 1.29 is 23.7 Å². The van der Waals surface area contributed by atoms with Gasteiger partial charge in [0.05, 0.1) is 12.7 Å². The van der Waals surface area contributed by atoms with Gasteiger partial charge in [0.2, 0.25) is 0 Å². The maximum absolute atomic E-state index is 11.4. The SMILES string of the molecule is COC(=O)c1ccc2c(c1)C(OC)OC2OC. The van der Waals surface area contributed by atoms with E-state index in [0.717, 1.165) is 11.1 Å². The van der Waals surface area contributed by atoms with Crippen LogP contribution in [0.4, 0.5) is 0 Å². The Labute approximate surface area is 99.2 Å². The van der Waals surface area contributed by atoms with Crippen molar-refractivity contribution in [1.82, 2.24) is 0 Å². The van der Waals surface area contributed by atoms with E-state index in [9.17, 15) is 4.79 Å². The Morgan fingerprint density at radius 2 is 1.76 bits per heavy atom. The lowest BCUT2D eigenvalue weighted by Crippen LogP contribution is -2.04. The van der Waals surface area contributed by atoms with Gasteiger partial charge in [-0.15, -0.1) is 0 Å². The Bertz CT molecular complexity index is 429. The number of hydrogen-bond acceptors (Lipinski definition) is 5. The van der Waals surface area contributed by atoms with Gasteiger partial charge in [-0.3, -0.25) is 0 Å². The van der Waals surface area contributed by atoms with Gasteiger partial charge in [-0.2, -0.15) is 0 Å². The maximum Gasteiger partial charge on any atom is 0.337 e. The number of hydrogen-bond donors (Lipinski definition) is 0. The van der Waals surface area contributed by atoms with Crippen LogP contribution in [-0.4, -0.2) is 27.3 Å². The molecule has 0 saturated heterocycles. The number of benzene rings is 1. The average Bonchev–Trinajstić information content (AvgIpc) is 2.74. The molecule has 0 N–H and O–H groups in total. The van der Waals surface area contributed by atoms with Crippen LogP contribution in [0.15, 0.2) is 18.2 Å². The predicted molar refractivity (Wildman–Crippen MR) is 58.4 cm³/mol. The van der Waals surface area contributed by atoms with Crippen molar-refractivity contribution in [3.63, 3.8) is 0 Å². The van der Waals surface area contributed by atoms with Crippen LogP contribution in [0.5, 0.6) is 0 Å². The number of esters is 1. The van der Waals surface area contributed by atoms with E-state index in [-0.39, 0.29) is 5.97 Å². The van der Waals surface area contributed by atoms with E-state index in [1.165, 1.54) is 14.2 Å². The fourth-order valence-electron chi connectivity index (χ4n) is 1.86. The summed E-state index contributed by atoms with van der Waals surface area (Å²) in [4.78, 5) is 11.4. The Hall–Kier alpha value is -1.43. The Morgan fingerprint density at radius 1 is 1.12 bits per heavy atom. The molecule has 5 nitrogen and oxygen atoms in total. The Morgan fingerprint density at radius 3 is 2.35 bits per heavy atom. The van der Waals surface area contributed by atoms with Gasteiger partial charge in [-0.05, 0) is 12.1 Å². The minimum atomic E-state index is -0.514. The summed E-state index contributed by atoms with van der Waals surface area (Å²) in [6.07, 6.45) is -0.971. The van der Waals surface area contributed by atoms with E-state index < -0.39 is 12.6 Å². The number of methoxy groups -OCH3 is 3. The number of carbonyl (C=O) groups is 1. The molecule has 0 bridgehead atoms. The zero-order chi connectivity index (χ0) is 12.4. The van der Waals surface area contributed by atoms with Gasteiger partial charge >= 0.3 is 5.97 Å². The molecule has 0 fully saturated rings. The molecule has 1 aromatic rings. The monoisotopic (exact) mass is 238 g/mol. The van der Waals surface area contributed by atoms with Crippen LogP contribution < -0.4 is 0 Å². The van der Waals surface area contributed by atoms with E-state index in [2.05, 4.69) is 4.74 Å². The van der Waals surface area contributed by atoms with Gasteiger partial charge in [0.1, 0.15) is 0 Å². The van der Waals surface area contributed by atoms with Crippen LogP contribution in [-0.2, 0) is 18.9 Å². The third-order valence-electron chi connectivity index (χ3n) is 2.69. The first-order valence-corrected chi connectivity index (χ1v) is 5.14. The summed E-state index contributed by atoms with van der Waals surface area (Å²) in [6, 6.07) is 5.17. The topological polar surface area (TPSA) is 54.0 Å². The largest absolute Gasteiger partial charge is 0.465 e. The zero-order valence-corrected chi connectivity index (χ0v) is 9.93. The molecule has 2 rings (SSSR count). The van der Waals surface area contributed by atoms with Crippen LogP contribution in [0.1, 0.15) is 34.1 Å². The van der Waals surface area contributed by atoms with Crippen molar-refractivity contribution >= 4 is 5.97 Å². The quantitative estimate of drug-likeness (QED) is 0.751. The molecule has 0 aromatic heterocycles. The summed E-state index contributed by atoms with van der Waals surface area (Å²) in [7, 11) is 4.44. The van der Waals surface area contributed by atoms with Gasteiger partial charge < -0.3 is 18.9 Å². The van der Waals surface area contributed by atoms with Crippen molar-refractivity contribution in [3.05, 3.63) is 34.9 Å². The molecule has 92 valence electrons. The highest BCUT2D eigenvalue weighted by Crippen LogP contribution is 2.40. The fourth-order valence-corrected chi connectivity index (χ4v) is 1.86. The van der Waals surface area contributed by atoms with Gasteiger partial charge in [-0.25, -0.2) is 4.79 Å². The Balaban J connectivity index is 2.40. The van der Waals surface area contributed by atoms with Gasteiger partial charge in [0.25, 0.3) is 0 Å². The van der Waals surface area contributed by atoms with Crippen LogP contribution in [0, 0.1) is 0 Å². The second-order valence-electron chi connectivity index (χ2n) is 3.61. The molecule has 2 unspecified atom stereocenters. The molecule has 1 aliphatic heterocycles. The van der Waals surface area contributed by atoms with Crippen LogP contribution >= 0.6 is 0 Å². The highest BCUT2D eigenvalue weighted by Gasteiger charge is 2.32.